The van der Waals surface area contributed by atoms with E-state index < -0.39 is 0 Å². The van der Waals surface area contributed by atoms with Gasteiger partial charge in [0, 0.05) is 36.5 Å². The molecule has 1 aromatic carbocycles. The van der Waals surface area contributed by atoms with E-state index in [1.54, 1.807) is 6.07 Å². The van der Waals surface area contributed by atoms with Crippen LogP contribution in [-0.4, -0.2) is 35.5 Å². The summed E-state index contributed by atoms with van der Waals surface area (Å²) in [6, 6.07) is 9.24. The first-order valence-corrected chi connectivity index (χ1v) is 9.97. The number of hydrogen-bond donors (Lipinski definition) is 1. The number of aromatic nitrogens is 1. The summed E-state index contributed by atoms with van der Waals surface area (Å²) in [5.41, 5.74) is 0.683. The zero-order valence-electron chi connectivity index (χ0n) is 16.5. The molecule has 1 amide bonds. The Morgan fingerprint density at radius 2 is 1.93 bits per heavy atom. The van der Waals surface area contributed by atoms with Crippen molar-refractivity contribution in [2.24, 2.45) is 11.8 Å². The van der Waals surface area contributed by atoms with Crippen molar-refractivity contribution in [3.8, 4) is 5.75 Å². The highest BCUT2D eigenvalue weighted by Gasteiger charge is 2.32. The molecule has 0 spiro atoms. The Morgan fingerprint density at radius 3 is 2.67 bits per heavy atom. The average Bonchev–Trinajstić information content (AvgIpc) is 2.64. The monoisotopic (exact) mass is 370 g/mol. The highest BCUT2D eigenvalue weighted by atomic mass is 16.5. The van der Waals surface area contributed by atoms with Gasteiger partial charge in [0.25, 0.3) is 0 Å². The Hall–Kier alpha value is -2.30. The SMILES string of the molecule is CC1CCCC(C)C1N(C)C(=O)CCCOc1ccc2[nH]c(=O)ccc2c1. The van der Waals surface area contributed by atoms with Gasteiger partial charge in [0.1, 0.15) is 5.75 Å². The van der Waals surface area contributed by atoms with E-state index in [1.807, 2.05) is 30.1 Å². The summed E-state index contributed by atoms with van der Waals surface area (Å²) < 4.78 is 5.80. The first-order valence-electron chi connectivity index (χ1n) is 9.97. The van der Waals surface area contributed by atoms with Crippen LogP contribution in [0.4, 0.5) is 0 Å². The van der Waals surface area contributed by atoms with Crippen LogP contribution in [-0.2, 0) is 4.79 Å². The van der Waals surface area contributed by atoms with Crippen molar-refractivity contribution in [1.29, 1.82) is 0 Å². The van der Waals surface area contributed by atoms with Crippen LogP contribution in [0.5, 0.6) is 5.75 Å². The number of ether oxygens (including phenoxy) is 1. The normalized spacial score (nSPS) is 22.6. The third-order valence-electron chi connectivity index (χ3n) is 5.82. The fourth-order valence-electron chi connectivity index (χ4n) is 4.41. The molecule has 0 aliphatic heterocycles. The first-order chi connectivity index (χ1) is 13.0. The molecule has 1 aromatic heterocycles. The van der Waals surface area contributed by atoms with Gasteiger partial charge in [-0.05, 0) is 55.4 Å². The van der Waals surface area contributed by atoms with Crippen molar-refractivity contribution in [3.05, 3.63) is 40.7 Å². The highest BCUT2D eigenvalue weighted by Crippen LogP contribution is 2.32. The van der Waals surface area contributed by atoms with Gasteiger partial charge in [-0.25, -0.2) is 0 Å². The van der Waals surface area contributed by atoms with E-state index >= 15 is 0 Å². The van der Waals surface area contributed by atoms with Crippen LogP contribution in [0.3, 0.4) is 0 Å². The molecule has 0 bridgehead atoms. The molecule has 2 aromatic rings. The van der Waals surface area contributed by atoms with Crippen LogP contribution in [0.2, 0.25) is 0 Å². The zero-order chi connectivity index (χ0) is 19.4. The molecule has 3 rings (SSSR count). The van der Waals surface area contributed by atoms with E-state index in [0.717, 1.165) is 16.7 Å². The number of carbonyl (C=O) groups is 1. The van der Waals surface area contributed by atoms with Crippen LogP contribution >= 0.6 is 0 Å². The second-order valence-corrected chi connectivity index (χ2v) is 7.90. The van der Waals surface area contributed by atoms with Gasteiger partial charge >= 0.3 is 0 Å². The third-order valence-corrected chi connectivity index (χ3v) is 5.82. The summed E-state index contributed by atoms with van der Waals surface area (Å²) in [4.78, 5) is 28.7. The van der Waals surface area contributed by atoms with Crippen molar-refractivity contribution >= 4 is 16.8 Å². The molecular weight excluding hydrogens is 340 g/mol. The number of pyridine rings is 1. The molecule has 1 aliphatic carbocycles. The number of benzene rings is 1. The number of nitrogens with zero attached hydrogens (tertiary/aromatic N) is 1. The average molecular weight is 370 g/mol. The van der Waals surface area contributed by atoms with E-state index in [4.69, 9.17) is 4.74 Å². The molecule has 1 aliphatic rings. The lowest BCUT2D eigenvalue weighted by molar-refractivity contribution is -0.135. The number of hydrogen-bond acceptors (Lipinski definition) is 3. The summed E-state index contributed by atoms with van der Waals surface area (Å²) in [6.45, 7) is 5.03. The topological polar surface area (TPSA) is 62.4 Å². The van der Waals surface area contributed by atoms with E-state index in [0.29, 0.717) is 37.3 Å². The van der Waals surface area contributed by atoms with Crippen LogP contribution < -0.4 is 10.3 Å². The molecule has 2 unspecified atom stereocenters. The zero-order valence-corrected chi connectivity index (χ0v) is 16.5. The Bertz CT molecular complexity index is 835. The van der Waals surface area contributed by atoms with Gasteiger partial charge in [-0.1, -0.05) is 20.3 Å². The van der Waals surface area contributed by atoms with Crippen LogP contribution in [0.1, 0.15) is 46.0 Å². The molecule has 1 saturated carbocycles. The van der Waals surface area contributed by atoms with Gasteiger partial charge in [-0.3, -0.25) is 9.59 Å². The summed E-state index contributed by atoms with van der Waals surface area (Å²) >= 11 is 0. The lowest BCUT2D eigenvalue weighted by Gasteiger charge is -2.41. The van der Waals surface area contributed by atoms with Gasteiger partial charge in [0.2, 0.25) is 11.5 Å². The van der Waals surface area contributed by atoms with E-state index in [9.17, 15) is 9.59 Å². The first kappa shape index (κ1) is 19.5. The maximum Gasteiger partial charge on any atom is 0.248 e. The number of carbonyl (C=O) groups excluding carboxylic acids is 1. The van der Waals surface area contributed by atoms with Crippen molar-refractivity contribution in [3.63, 3.8) is 0 Å². The van der Waals surface area contributed by atoms with Crippen molar-refractivity contribution in [1.82, 2.24) is 9.88 Å². The minimum atomic E-state index is -0.111. The number of H-pyrrole nitrogens is 1. The predicted molar refractivity (Wildman–Crippen MR) is 108 cm³/mol. The van der Waals surface area contributed by atoms with Gasteiger partial charge < -0.3 is 14.6 Å². The number of rotatable bonds is 6. The Kier molecular flexibility index (Phi) is 6.19. The van der Waals surface area contributed by atoms with E-state index in [-0.39, 0.29) is 11.5 Å². The minimum Gasteiger partial charge on any atom is -0.494 e. The molecule has 1 N–H and O–H groups in total. The lowest BCUT2D eigenvalue weighted by atomic mass is 9.78. The molecular formula is C22H30N2O3. The Morgan fingerprint density at radius 1 is 1.19 bits per heavy atom. The maximum absolute atomic E-state index is 12.6. The molecule has 5 heteroatoms. The maximum atomic E-state index is 12.6. The fourth-order valence-corrected chi connectivity index (χ4v) is 4.41. The van der Waals surface area contributed by atoms with E-state index in [1.165, 1.54) is 25.3 Å². The standard InChI is InChI=1S/C22H30N2O3/c1-15-6-4-7-16(2)22(15)24(3)21(26)8-5-13-27-18-10-11-19-17(14-18)9-12-20(25)23-19/h9-12,14-16,22H,4-8,13H2,1-3H3,(H,23,25). The molecule has 2 atom stereocenters. The van der Waals surface area contributed by atoms with Gasteiger partial charge in [-0.15, -0.1) is 0 Å². The third kappa shape index (κ3) is 4.71. The fraction of sp³-hybridized carbons (Fsp3) is 0.545. The molecule has 0 radical (unpaired) electrons. The lowest BCUT2D eigenvalue weighted by Crippen LogP contribution is -2.46. The van der Waals surface area contributed by atoms with Crippen molar-refractivity contribution in [2.75, 3.05) is 13.7 Å². The van der Waals surface area contributed by atoms with E-state index in [2.05, 4.69) is 18.8 Å². The molecule has 0 saturated heterocycles. The quantitative estimate of drug-likeness (QED) is 0.783. The molecule has 1 heterocycles. The number of nitrogens with one attached hydrogen (secondary N) is 1. The highest BCUT2D eigenvalue weighted by molar-refractivity contribution is 5.79. The van der Waals surface area contributed by atoms with Crippen LogP contribution in [0.25, 0.3) is 10.9 Å². The summed E-state index contributed by atoms with van der Waals surface area (Å²) in [6.07, 6.45) is 4.90. The van der Waals surface area contributed by atoms with Crippen molar-refractivity contribution < 1.29 is 9.53 Å². The predicted octanol–water partition coefficient (Wildman–Crippen LogP) is 3.97. The van der Waals surface area contributed by atoms with Gasteiger partial charge in [0.05, 0.1) is 6.61 Å². The van der Waals surface area contributed by atoms with Crippen molar-refractivity contribution in [2.45, 2.75) is 52.0 Å². The minimum absolute atomic E-state index is 0.111. The smallest absolute Gasteiger partial charge is 0.248 e. The summed E-state index contributed by atoms with van der Waals surface area (Å²) in [5, 5.41) is 0.934. The number of aromatic amines is 1. The second-order valence-electron chi connectivity index (χ2n) is 7.90. The molecule has 1 fully saturated rings. The Labute approximate surface area is 160 Å². The molecule has 146 valence electrons. The van der Waals surface area contributed by atoms with Gasteiger partial charge in [-0.2, -0.15) is 0 Å². The molecule has 27 heavy (non-hydrogen) atoms. The molecule has 5 nitrogen and oxygen atoms in total. The second kappa shape index (κ2) is 8.59. The summed E-state index contributed by atoms with van der Waals surface area (Å²) in [5.74, 6) is 2.11. The number of amides is 1. The van der Waals surface area contributed by atoms with Crippen LogP contribution in [0.15, 0.2) is 35.1 Å². The largest absolute Gasteiger partial charge is 0.494 e. The Balaban J connectivity index is 1.48. The van der Waals surface area contributed by atoms with Crippen LogP contribution in [0, 0.1) is 11.8 Å². The number of fused-ring (bicyclic) bond motifs is 1. The summed E-state index contributed by atoms with van der Waals surface area (Å²) in [7, 11) is 1.95. The van der Waals surface area contributed by atoms with Gasteiger partial charge in [0.15, 0.2) is 0 Å².